The maximum Gasteiger partial charge on any atom is 0.274 e. The highest BCUT2D eigenvalue weighted by molar-refractivity contribution is 5.92. The fourth-order valence-corrected chi connectivity index (χ4v) is 3.05. The van der Waals surface area contributed by atoms with Crippen LogP contribution in [0.15, 0.2) is 43.0 Å². The molecule has 0 N–H and O–H groups in total. The normalized spacial score (nSPS) is 18.3. The van der Waals surface area contributed by atoms with E-state index in [1.54, 1.807) is 24.5 Å². The molecular weight excluding hydrogens is 292 g/mol. The molecule has 4 rings (SSSR count). The zero-order valence-electron chi connectivity index (χ0n) is 12.5. The van der Waals surface area contributed by atoms with E-state index in [9.17, 15) is 4.79 Å². The molecule has 1 saturated heterocycles. The SMILES string of the molecule is O=C(c1cccnn1)N1CCCCC1c1ccn2ccnc2n1. The molecule has 0 bridgehead atoms. The Morgan fingerprint density at radius 3 is 3.00 bits per heavy atom. The Kier molecular flexibility index (Phi) is 3.45. The standard InChI is InChI=1S/C16H16N6O/c23-15(13-4-3-7-18-20-13)22-9-2-1-5-14(22)12-6-10-21-11-8-17-16(21)19-12/h3-4,6-8,10-11,14H,1-2,5,9H2. The molecule has 1 aliphatic heterocycles. The zero-order chi connectivity index (χ0) is 15.6. The fourth-order valence-electron chi connectivity index (χ4n) is 3.05. The Labute approximate surface area is 133 Å². The number of imidazole rings is 1. The number of nitrogens with zero attached hydrogens (tertiary/aromatic N) is 6. The summed E-state index contributed by atoms with van der Waals surface area (Å²) in [5, 5.41) is 7.75. The van der Waals surface area contributed by atoms with E-state index >= 15 is 0 Å². The van der Waals surface area contributed by atoms with Crippen molar-refractivity contribution in [1.29, 1.82) is 0 Å². The summed E-state index contributed by atoms with van der Waals surface area (Å²) in [5.74, 6) is 0.563. The molecule has 23 heavy (non-hydrogen) atoms. The van der Waals surface area contributed by atoms with E-state index < -0.39 is 0 Å². The lowest BCUT2D eigenvalue weighted by Gasteiger charge is -2.35. The van der Waals surface area contributed by atoms with Crippen LogP contribution in [0.1, 0.15) is 41.5 Å². The molecule has 4 heterocycles. The molecule has 1 unspecified atom stereocenters. The van der Waals surface area contributed by atoms with Crippen LogP contribution in [0, 0.1) is 0 Å². The van der Waals surface area contributed by atoms with Crippen LogP contribution in [-0.2, 0) is 0 Å². The minimum Gasteiger partial charge on any atom is -0.329 e. The van der Waals surface area contributed by atoms with Gasteiger partial charge in [0.15, 0.2) is 5.69 Å². The van der Waals surface area contributed by atoms with Crippen molar-refractivity contribution < 1.29 is 4.79 Å². The van der Waals surface area contributed by atoms with Gasteiger partial charge in [-0.25, -0.2) is 9.97 Å². The van der Waals surface area contributed by atoms with E-state index in [2.05, 4.69) is 20.2 Å². The van der Waals surface area contributed by atoms with Gasteiger partial charge in [0, 0.05) is 31.3 Å². The van der Waals surface area contributed by atoms with Crippen LogP contribution in [0.2, 0.25) is 0 Å². The summed E-state index contributed by atoms with van der Waals surface area (Å²) in [5.41, 5.74) is 1.25. The summed E-state index contributed by atoms with van der Waals surface area (Å²) in [4.78, 5) is 23.5. The van der Waals surface area contributed by atoms with Crippen molar-refractivity contribution in [2.24, 2.45) is 0 Å². The molecular formula is C16H16N6O. The number of hydrogen-bond acceptors (Lipinski definition) is 5. The van der Waals surface area contributed by atoms with Crippen molar-refractivity contribution in [2.45, 2.75) is 25.3 Å². The molecule has 0 spiro atoms. The lowest BCUT2D eigenvalue weighted by atomic mass is 9.98. The van der Waals surface area contributed by atoms with Crippen LogP contribution < -0.4 is 0 Å². The molecule has 7 nitrogen and oxygen atoms in total. The van der Waals surface area contributed by atoms with Gasteiger partial charge in [-0.05, 0) is 37.5 Å². The van der Waals surface area contributed by atoms with Gasteiger partial charge in [-0.15, -0.1) is 5.10 Å². The molecule has 0 radical (unpaired) electrons. The first-order valence-electron chi connectivity index (χ1n) is 7.71. The van der Waals surface area contributed by atoms with Gasteiger partial charge in [0.25, 0.3) is 5.91 Å². The Hall–Kier alpha value is -2.83. The molecule has 1 aliphatic rings. The Balaban J connectivity index is 1.68. The third kappa shape index (κ3) is 2.54. The predicted octanol–water partition coefficient (Wildman–Crippen LogP) is 1.89. The number of rotatable bonds is 2. The molecule has 1 atom stereocenters. The predicted molar refractivity (Wildman–Crippen MR) is 82.6 cm³/mol. The van der Waals surface area contributed by atoms with Crippen molar-refractivity contribution in [1.82, 2.24) is 29.5 Å². The number of fused-ring (bicyclic) bond motifs is 1. The van der Waals surface area contributed by atoms with Gasteiger partial charge in [-0.1, -0.05) is 0 Å². The quantitative estimate of drug-likeness (QED) is 0.722. The number of amides is 1. The number of carbonyl (C=O) groups excluding carboxylic acids is 1. The molecule has 0 saturated carbocycles. The van der Waals surface area contributed by atoms with Crippen LogP contribution >= 0.6 is 0 Å². The van der Waals surface area contributed by atoms with E-state index in [0.29, 0.717) is 18.0 Å². The van der Waals surface area contributed by atoms with Crippen molar-refractivity contribution in [2.75, 3.05) is 6.54 Å². The second-order valence-corrected chi connectivity index (χ2v) is 5.61. The number of likely N-dealkylation sites (tertiary alicyclic amines) is 1. The van der Waals surface area contributed by atoms with E-state index in [4.69, 9.17) is 0 Å². The summed E-state index contributed by atoms with van der Waals surface area (Å²) in [6, 6.07) is 5.35. The third-order valence-electron chi connectivity index (χ3n) is 4.18. The van der Waals surface area contributed by atoms with E-state index in [1.807, 2.05) is 27.8 Å². The first kappa shape index (κ1) is 13.8. The van der Waals surface area contributed by atoms with Crippen LogP contribution in [0.25, 0.3) is 5.78 Å². The first-order chi connectivity index (χ1) is 11.3. The van der Waals surface area contributed by atoms with Gasteiger partial charge in [0.05, 0.1) is 11.7 Å². The molecule has 0 aromatic carbocycles. The zero-order valence-corrected chi connectivity index (χ0v) is 12.5. The van der Waals surface area contributed by atoms with Gasteiger partial charge in [-0.2, -0.15) is 5.10 Å². The van der Waals surface area contributed by atoms with Crippen LogP contribution in [-0.4, -0.2) is 41.9 Å². The van der Waals surface area contributed by atoms with Crippen molar-refractivity contribution in [3.63, 3.8) is 0 Å². The Bertz CT molecular complexity index is 831. The van der Waals surface area contributed by atoms with Gasteiger partial charge in [0.1, 0.15) is 0 Å². The minimum atomic E-state index is -0.0900. The minimum absolute atomic E-state index is 0.0417. The van der Waals surface area contributed by atoms with Gasteiger partial charge >= 0.3 is 0 Å². The summed E-state index contributed by atoms with van der Waals surface area (Å²) >= 11 is 0. The van der Waals surface area contributed by atoms with Crippen LogP contribution in [0.4, 0.5) is 0 Å². The summed E-state index contributed by atoms with van der Waals surface area (Å²) in [6.45, 7) is 0.710. The highest BCUT2D eigenvalue weighted by Crippen LogP contribution is 2.30. The molecule has 0 aliphatic carbocycles. The molecule has 7 heteroatoms. The van der Waals surface area contributed by atoms with Gasteiger partial charge in [-0.3, -0.25) is 9.20 Å². The summed E-state index contributed by atoms with van der Waals surface area (Å²) in [7, 11) is 0. The molecule has 3 aromatic rings. The number of hydrogen-bond donors (Lipinski definition) is 0. The topological polar surface area (TPSA) is 76.3 Å². The Morgan fingerprint density at radius 2 is 2.13 bits per heavy atom. The maximum absolute atomic E-state index is 12.8. The van der Waals surface area contributed by atoms with Gasteiger partial charge in [0.2, 0.25) is 5.78 Å². The second kappa shape index (κ2) is 5.75. The highest BCUT2D eigenvalue weighted by atomic mass is 16.2. The number of carbonyl (C=O) groups is 1. The number of piperidine rings is 1. The van der Waals surface area contributed by atoms with Crippen molar-refractivity contribution in [3.05, 3.63) is 54.4 Å². The second-order valence-electron chi connectivity index (χ2n) is 5.61. The molecule has 116 valence electrons. The van der Waals surface area contributed by atoms with E-state index in [0.717, 1.165) is 25.0 Å². The summed E-state index contributed by atoms with van der Waals surface area (Å²) < 4.78 is 1.86. The fraction of sp³-hybridized carbons (Fsp3) is 0.312. The smallest absolute Gasteiger partial charge is 0.274 e. The molecule has 1 fully saturated rings. The average Bonchev–Trinajstić information content (AvgIpc) is 3.09. The van der Waals surface area contributed by atoms with Crippen molar-refractivity contribution in [3.8, 4) is 0 Å². The Morgan fingerprint density at radius 1 is 1.17 bits per heavy atom. The molecule has 1 amide bonds. The third-order valence-corrected chi connectivity index (χ3v) is 4.18. The van der Waals surface area contributed by atoms with Crippen LogP contribution in [0.3, 0.4) is 0 Å². The highest BCUT2D eigenvalue weighted by Gasteiger charge is 2.30. The van der Waals surface area contributed by atoms with E-state index in [-0.39, 0.29) is 11.9 Å². The van der Waals surface area contributed by atoms with E-state index in [1.165, 1.54) is 0 Å². The lowest BCUT2D eigenvalue weighted by molar-refractivity contribution is 0.0599. The average molecular weight is 308 g/mol. The molecule has 3 aromatic heterocycles. The van der Waals surface area contributed by atoms with Crippen molar-refractivity contribution >= 4 is 11.7 Å². The lowest BCUT2D eigenvalue weighted by Crippen LogP contribution is -2.39. The summed E-state index contributed by atoms with van der Waals surface area (Å²) in [6.07, 6.45) is 10.0. The maximum atomic E-state index is 12.8. The number of aromatic nitrogens is 5. The first-order valence-corrected chi connectivity index (χ1v) is 7.71. The monoisotopic (exact) mass is 308 g/mol. The largest absolute Gasteiger partial charge is 0.329 e. The van der Waals surface area contributed by atoms with Crippen LogP contribution in [0.5, 0.6) is 0 Å². The van der Waals surface area contributed by atoms with Gasteiger partial charge < -0.3 is 4.90 Å².